The Morgan fingerprint density at radius 2 is 2.43 bits per heavy atom. The van der Waals surface area contributed by atoms with Crippen LogP contribution in [0.3, 0.4) is 0 Å². The van der Waals surface area contributed by atoms with Gasteiger partial charge in [-0.15, -0.1) is 0 Å². The molecule has 0 aliphatic heterocycles. The number of nitrogens with zero attached hydrogens (tertiary/aromatic N) is 2. The molecular weight excluding hydrogens is 180 g/mol. The minimum atomic E-state index is -0.381. The van der Waals surface area contributed by atoms with Crippen LogP contribution in [0.25, 0.3) is 0 Å². The number of nitrogens with one attached hydrogen (secondary N) is 1. The van der Waals surface area contributed by atoms with Crippen LogP contribution < -0.4 is 10.6 Å². The minimum Gasteiger partial charge on any atom is -0.375 e. The largest absolute Gasteiger partial charge is 0.375 e. The first-order chi connectivity index (χ1) is 6.65. The van der Waals surface area contributed by atoms with Crippen LogP contribution in [0.2, 0.25) is 0 Å². The van der Waals surface area contributed by atoms with Gasteiger partial charge in [0.05, 0.1) is 23.6 Å². The van der Waals surface area contributed by atoms with Gasteiger partial charge in [0.2, 0.25) is 0 Å². The summed E-state index contributed by atoms with van der Waals surface area (Å²) in [4.78, 5) is 12.3. The molecule has 5 heteroatoms. The smallest absolute Gasteiger partial charge is 0.136 e. The normalized spacial score (nSPS) is 12.5. The average Bonchev–Trinajstić information content (AvgIpc) is 2.62. The predicted molar refractivity (Wildman–Crippen MR) is 55.3 cm³/mol. The van der Waals surface area contributed by atoms with Crippen LogP contribution in [-0.4, -0.2) is 36.6 Å². The summed E-state index contributed by atoms with van der Waals surface area (Å²) in [5.74, 6) is 0. The molecule has 1 rings (SSSR count). The molecule has 0 amide bonds. The van der Waals surface area contributed by atoms with E-state index in [1.54, 1.807) is 6.20 Å². The lowest BCUT2D eigenvalue weighted by molar-refractivity contribution is -0.109. The van der Waals surface area contributed by atoms with Crippen molar-refractivity contribution in [3.05, 3.63) is 11.9 Å². The number of aldehydes is 1. The highest BCUT2D eigenvalue weighted by atomic mass is 16.1. The second-order valence-corrected chi connectivity index (χ2v) is 3.47. The van der Waals surface area contributed by atoms with E-state index in [1.165, 1.54) is 0 Å². The van der Waals surface area contributed by atoms with Crippen LogP contribution in [0, 0.1) is 0 Å². The van der Waals surface area contributed by atoms with E-state index in [-0.39, 0.29) is 6.04 Å². The van der Waals surface area contributed by atoms with Crippen LogP contribution >= 0.6 is 0 Å². The van der Waals surface area contributed by atoms with Crippen LogP contribution in [0.15, 0.2) is 6.20 Å². The highest BCUT2D eigenvalue weighted by molar-refractivity contribution is 5.57. The van der Waals surface area contributed by atoms with Crippen molar-refractivity contribution in [2.75, 3.05) is 19.0 Å². The highest BCUT2D eigenvalue weighted by Crippen LogP contribution is 2.16. The lowest BCUT2D eigenvalue weighted by Crippen LogP contribution is -2.22. The summed E-state index contributed by atoms with van der Waals surface area (Å²) in [5.41, 5.74) is 7.56. The highest BCUT2D eigenvalue weighted by Gasteiger charge is 2.08. The van der Waals surface area contributed by atoms with Crippen LogP contribution in [0.1, 0.15) is 12.1 Å². The number of aromatic amines is 1. The monoisotopic (exact) mass is 196 g/mol. The van der Waals surface area contributed by atoms with Gasteiger partial charge in [-0.2, -0.15) is 5.10 Å². The maximum Gasteiger partial charge on any atom is 0.136 e. The number of hydrogen-bond donors (Lipinski definition) is 2. The van der Waals surface area contributed by atoms with Gasteiger partial charge < -0.3 is 15.4 Å². The third-order valence-electron chi connectivity index (χ3n) is 2.08. The lowest BCUT2D eigenvalue weighted by atomic mass is 10.1. The minimum absolute atomic E-state index is 0.381. The molecule has 3 N–H and O–H groups in total. The standard InChI is InChI=1S/C9H16N4O/c1-13(2)9-5-11-12-8(9)4-3-7(10)6-14/h5-7H,3-4,10H2,1-2H3,(H,11,12). The Labute approximate surface area is 83.3 Å². The molecule has 0 fully saturated rings. The zero-order chi connectivity index (χ0) is 10.6. The summed E-state index contributed by atoms with van der Waals surface area (Å²) >= 11 is 0. The molecule has 14 heavy (non-hydrogen) atoms. The zero-order valence-corrected chi connectivity index (χ0v) is 8.53. The van der Waals surface area contributed by atoms with Gasteiger partial charge in [0.25, 0.3) is 0 Å². The molecule has 1 atom stereocenters. The summed E-state index contributed by atoms with van der Waals surface area (Å²) in [6, 6.07) is -0.381. The van der Waals surface area contributed by atoms with Crippen molar-refractivity contribution in [2.45, 2.75) is 18.9 Å². The van der Waals surface area contributed by atoms with Gasteiger partial charge >= 0.3 is 0 Å². The third kappa shape index (κ3) is 2.56. The number of carbonyl (C=O) groups is 1. The first kappa shape index (κ1) is 10.7. The average molecular weight is 196 g/mol. The van der Waals surface area contributed by atoms with E-state index in [9.17, 15) is 4.79 Å². The zero-order valence-electron chi connectivity index (χ0n) is 8.53. The molecule has 0 aromatic carbocycles. The lowest BCUT2D eigenvalue weighted by Gasteiger charge is -2.12. The van der Waals surface area contributed by atoms with Crippen molar-refractivity contribution in [2.24, 2.45) is 5.73 Å². The quantitative estimate of drug-likeness (QED) is 0.647. The summed E-state index contributed by atoms with van der Waals surface area (Å²) in [7, 11) is 3.90. The Morgan fingerprint density at radius 3 is 3.00 bits per heavy atom. The predicted octanol–water partition coefficient (Wildman–Crippen LogP) is -0.0655. The third-order valence-corrected chi connectivity index (χ3v) is 2.08. The molecule has 5 nitrogen and oxygen atoms in total. The van der Waals surface area contributed by atoms with Crippen molar-refractivity contribution in [1.29, 1.82) is 0 Å². The molecule has 0 radical (unpaired) electrons. The number of H-pyrrole nitrogens is 1. The summed E-state index contributed by atoms with van der Waals surface area (Å²) < 4.78 is 0. The van der Waals surface area contributed by atoms with Gasteiger partial charge in [-0.05, 0) is 12.8 Å². The Balaban J connectivity index is 2.58. The van der Waals surface area contributed by atoms with E-state index in [2.05, 4.69) is 10.2 Å². The number of aryl methyl sites for hydroxylation is 1. The first-order valence-corrected chi connectivity index (χ1v) is 4.55. The molecule has 0 saturated carbocycles. The second kappa shape index (κ2) is 4.76. The molecule has 1 aromatic rings. The molecule has 1 aromatic heterocycles. The van der Waals surface area contributed by atoms with Gasteiger partial charge in [-0.3, -0.25) is 5.10 Å². The maximum absolute atomic E-state index is 10.3. The summed E-state index contributed by atoms with van der Waals surface area (Å²) in [6.45, 7) is 0. The van der Waals surface area contributed by atoms with E-state index in [1.807, 2.05) is 19.0 Å². The fourth-order valence-electron chi connectivity index (χ4n) is 1.25. The molecule has 0 saturated heterocycles. The van der Waals surface area contributed by atoms with Crippen molar-refractivity contribution in [3.8, 4) is 0 Å². The van der Waals surface area contributed by atoms with E-state index in [4.69, 9.17) is 5.73 Å². The number of hydrogen-bond acceptors (Lipinski definition) is 4. The van der Waals surface area contributed by atoms with Crippen LogP contribution in [0.5, 0.6) is 0 Å². The molecule has 1 heterocycles. The molecule has 0 bridgehead atoms. The fourth-order valence-corrected chi connectivity index (χ4v) is 1.25. The molecule has 0 aliphatic carbocycles. The Morgan fingerprint density at radius 1 is 1.71 bits per heavy atom. The molecular formula is C9H16N4O. The number of rotatable bonds is 5. The van der Waals surface area contributed by atoms with E-state index in [0.717, 1.165) is 24.1 Å². The van der Waals surface area contributed by atoms with Gasteiger partial charge in [0.15, 0.2) is 0 Å². The van der Waals surface area contributed by atoms with Gasteiger partial charge in [0.1, 0.15) is 6.29 Å². The van der Waals surface area contributed by atoms with Crippen molar-refractivity contribution < 1.29 is 4.79 Å². The molecule has 0 aliphatic rings. The summed E-state index contributed by atoms with van der Waals surface area (Å²) in [5, 5.41) is 6.85. The number of anilines is 1. The second-order valence-electron chi connectivity index (χ2n) is 3.47. The van der Waals surface area contributed by atoms with Crippen LogP contribution in [-0.2, 0) is 11.2 Å². The number of nitrogens with two attached hydrogens (primary N) is 1. The molecule has 0 spiro atoms. The Bertz CT molecular complexity index is 295. The van der Waals surface area contributed by atoms with Crippen molar-refractivity contribution in [1.82, 2.24) is 10.2 Å². The topological polar surface area (TPSA) is 75.0 Å². The fraction of sp³-hybridized carbons (Fsp3) is 0.556. The summed E-state index contributed by atoms with van der Waals surface area (Å²) in [6.07, 6.45) is 3.92. The first-order valence-electron chi connectivity index (χ1n) is 4.55. The molecule has 1 unspecified atom stereocenters. The van der Waals surface area contributed by atoms with Crippen molar-refractivity contribution in [3.63, 3.8) is 0 Å². The number of aromatic nitrogens is 2. The SMILES string of the molecule is CN(C)c1cn[nH]c1CCC(N)C=O. The Kier molecular flexibility index (Phi) is 3.64. The van der Waals surface area contributed by atoms with Gasteiger partial charge in [-0.25, -0.2) is 0 Å². The van der Waals surface area contributed by atoms with E-state index in [0.29, 0.717) is 6.42 Å². The van der Waals surface area contributed by atoms with E-state index < -0.39 is 0 Å². The van der Waals surface area contributed by atoms with Gasteiger partial charge in [0, 0.05) is 14.1 Å². The number of carbonyl (C=O) groups excluding carboxylic acids is 1. The van der Waals surface area contributed by atoms with Gasteiger partial charge in [-0.1, -0.05) is 0 Å². The molecule has 78 valence electrons. The van der Waals surface area contributed by atoms with Crippen LogP contribution in [0.4, 0.5) is 5.69 Å². The van der Waals surface area contributed by atoms with Crippen molar-refractivity contribution >= 4 is 12.0 Å². The Hall–Kier alpha value is -1.36. The van der Waals surface area contributed by atoms with E-state index >= 15 is 0 Å². The maximum atomic E-state index is 10.3.